The Bertz CT molecular complexity index is 246. The first kappa shape index (κ1) is 16.2. The van der Waals surface area contributed by atoms with E-state index in [2.05, 4.69) is 30.5 Å². The van der Waals surface area contributed by atoms with Gasteiger partial charge < -0.3 is 9.84 Å². The zero-order valence-corrected chi connectivity index (χ0v) is 9.84. The number of carbonyl (C=O) groups excluding carboxylic acids is 1. The molecule has 15 heavy (non-hydrogen) atoms. The maximum Gasteiger partial charge on any atom is 0.333 e. The molecule has 0 aliphatic heterocycles. The molecule has 0 aromatic heterocycles. The van der Waals surface area contributed by atoms with Gasteiger partial charge in [-0.1, -0.05) is 13.2 Å². The Morgan fingerprint density at radius 2 is 1.67 bits per heavy atom. The van der Waals surface area contributed by atoms with Crippen LogP contribution < -0.4 is 0 Å². The molecule has 0 radical (unpaired) electrons. The zero-order valence-electron chi connectivity index (χ0n) is 8.95. The van der Waals surface area contributed by atoms with Crippen molar-refractivity contribution >= 4 is 24.6 Å². The highest BCUT2D eigenvalue weighted by Crippen LogP contribution is 1.91. The second kappa shape index (κ2) is 9.33. The van der Waals surface area contributed by atoms with Gasteiger partial charge in [0.05, 0.1) is 0 Å². The summed E-state index contributed by atoms with van der Waals surface area (Å²) in [7, 11) is 0. The number of carbonyl (C=O) groups is 2. The van der Waals surface area contributed by atoms with E-state index in [0.717, 1.165) is 0 Å². The Kier molecular flexibility index (Phi) is 10.1. The summed E-state index contributed by atoms with van der Waals surface area (Å²) in [5.41, 5.74) is 0.604. The van der Waals surface area contributed by atoms with Gasteiger partial charge in [0, 0.05) is 16.9 Å². The van der Waals surface area contributed by atoms with Crippen LogP contribution in [0.1, 0.15) is 13.8 Å². The highest BCUT2D eigenvalue weighted by atomic mass is 32.1. The van der Waals surface area contributed by atoms with Gasteiger partial charge in [-0.15, -0.1) is 0 Å². The van der Waals surface area contributed by atoms with Gasteiger partial charge in [0.1, 0.15) is 6.61 Å². The molecule has 86 valence electrons. The molecule has 4 nitrogen and oxygen atoms in total. The van der Waals surface area contributed by atoms with Crippen LogP contribution in [0, 0.1) is 0 Å². The largest absolute Gasteiger partial charge is 0.478 e. The molecule has 0 fully saturated rings. The smallest absolute Gasteiger partial charge is 0.333 e. The third-order valence-electron chi connectivity index (χ3n) is 1.04. The van der Waals surface area contributed by atoms with Crippen LogP contribution in [0.3, 0.4) is 0 Å². The topological polar surface area (TPSA) is 63.6 Å². The minimum absolute atomic E-state index is 0.176. The summed E-state index contributed by atoms with van der Waals surface area (Å²) in [5, 5.41) is 7.89. The van der Waals surface area contributed by atoms with Gasteiger partial charge in [-0.05, 0) is 13.8 Å². The van der Waals surface area contributed by atoms with Gasteiger partial charge in [0.15, 0.2) is 0 Å². The fourth-order valence-corrected chi connectivity index (χ4v) is 0.353. The first-order chi connectivity index (χ1) is 6.82. The zero-order chi connectivity index (χ0) is 12.4. The summed E-state index contributed by atoms with van der Waals surface area (Å²) in [5.74, 6) is -0.724. The van der Waals surface area contributed by atoms with Crippen molar-refractivity contribution in [2.24, 2.45) is 0 Å². The van der Waals surface area contributed by atoms with Gasteiger partial charge >= 0.3 is 11.9 Å². The van der Waals surface area contributed by atoms with Crippen molar-refractivity contribution < 1.29 is 19.4 Å². The van der Waals surface area contributed by atoms with Crippen LogP contribution in [0.4, 0.5) is 0 Å². The molecule has 0 aromatic carbocycles. The van der Waals surface area contributed by atoms with Crippen LogP contribution in [-0.4, -0.2) is 29.4 Å². The van der Waals surface area contributed by atoms with E-state index < -0.39 is 5.97 Å². The quantitative estimate of drug-likeness (QED) is 0.440. The van der Waals surface area contributed by atoms with Crippen LogP contribution >= 0.6 is 12.6 Å². The molecular weight excluding hydrogens is 216 g/mol. The molecule has 1 N–H and O–H groups in total. The number of aliphatic carboxylic acids is 1. The second-order valence-electron chi connectivity index (χ2n) is 2.73. The molecule has 0 aromatic rings. The molecule has 0 aliphatic rings. The van der Waals surface area contributed by atoms with Crippen LogP contribution in [0.5, 0.6) is 0 Å². The molecule has 0 saturated carbocycles. The highest BCUT2D eigenvalue weighted by molar-refractivity contribution is 7.80. The SMILES string of the molecule is C=C(C)C(=O)O.C=C(C)C(=O)OCCS. The number of carboxylic acid groups (broad SMARTS) is 1. The maximum atomic E-state index is 10.5. The molecule has 0 saturated heterocycles. The first-order valence-electron chi connectivity index (χ1n) is 4.15. The predicted octanol–water partition coefficient (Wildman–Crippen LogP) is 1.68. The number of ether oxygens (including phenoxy) is 1. The third kappa shape index (κ3) is 12.8. The van der Waals surface area contributed by atoms with Crippen molar-refractivity contribution in [3.8, 4) is 0 Å². The lowest BCUT2D eigenvalue weighted by atomic mass is 10.4. The standard InChI is InChI=1S/C6H10O2S.C4H6O2/c1-5(2)6(7)8-3-4-9;1-3(2)4(5)6/h9H,1,3-4H2,2H3;1H2,2H3,(H,5,6). The number of thiol groups is 1. The van der Waals surface area contributed by atoms with Crippen molar-refractivity contribution in [2.75, 3.05) is 12.4 Å². The molecule has 0 spiro atoms. The van der Waals surface area contributed by atoms with Crippen LogP contribution in [0.25, 0.3) is 0 Å². The number of hydrogen-bond donors (Lipinski definition) is 2. The molecule has 0 rings (SSSR count). The normalized spacial score (nSPS) is 8.20. The fourth-order valence-electron chi connectivity index (χ4n) is 0.262. The van der Waals surface area contributed by atoms with Crippen molar-refractivity contribution in [3.05, 3.63) is 24.3 Å². The van der Waals surface area contributed by atoms with E-state index in [0.29, 0.717) is 17.9 Å². The van der Waals surface area contributed by atoms with Crippen molar-refractivity contribution in [1.29, 1.82) is 0 Å². The van der Waals surface area contributed by atoms with Crippen LogP contribution in [0.15, 0.2) is 24.3 Å². The molecule has 0 atom stereocenters. The van der Waals surface area contributed by atoms with Gasteiger partial charge in [-0.25, -0.2) is 9.59 Å². The summed E-state index contributed by atoms with van der Waals surface area (Å²) in [6, 6.07) is 0. The molecule has 0 bridgehead atoms. The van der Waals surface area contributed by atoms with Crippen LogP contribution in [-0.2, 0) is 14.3 Å². The number of carboxylic acids is 1. The lowest BCUT2D eigenvalue weighted by Crippen LogP contribution is -2.06. The Hall–Kier alpha value is -1.23. The number of rotatable bonds is 4. The van der Waals surface area contributed by atoms with Gasteiger partial charge in [0.25, 0.3) is 0 Å². The summed E-state index contributed by atoms with van der Waals surface area (Å²) in [6.07, 6.45) is 0. The molecule has 0 unspecified atom stereocenters. The molecule has 0 aliphatic carbocycles. The average Bonchev–Trinajstić information content (AvgIpc) is 2.14. The van der Waals surface area contributed by atoms with Gasteiger partial charge in [-0.2, -0.15) is 12.6 Å². The summed E-state index contributed by atoms with van der Waals surface area (Å²) < 4.78 is 4.64. The monoisotopic (exact) mass is 232 g/mol. The van der Waals surface area contributed by atoms with Crippen molar-refractivity contribution in [2.45, 2.75) is 13.8 Å². The van der Waals surface area contributed by atoms with E-state index in [1.165, 1.54) is 6.92 Å². The van der Waals surface area contributed by atoms with E-state index in [9.17, 15) is 9.59 Å². The summed E-state index contributed by atoms with van der Waals surface area (Å²) >= 11 is 3.86. The van der Waals surface area contributed by atoms with Crippen molar-refractivity contribution in [3.63, 3.8) is 0 Å². The predicted molar refractivity (Wildman–Crippen MR) is 62.1 cm³/mol. The Morgan fingerprint density at radius 3 is 1.87 bits per heavy atom. The van der Waals surface area contributed by atoms with Crippen molar-refractivity contribution in [1.82, 2.24) is 0 Å². The fraction of sp³-hybridized carbons (Fsp3) is 0.400. The minimum atomic E-state index is -0.935. The molecule has 5 heteroatoms. The lowest BCUT2D eigenvalue weighted by molar-refractivity contribution is -0.138. The number of hydrogen-bond acceptors (Lipinski definition) is 4. The summed E-state index contributed by atoms with van der Waals surface area (Å²) in [6.45, 7) is 9.98. The Balaban J connectivity index is 0. The average molecular weight is 232 g/mol. The Labute approximate surface area is 95.0 Å². The minimum Gasteiger partial charge on any atom is -0.478 e. The van der Waals surface area contributed by atoms with Gasteiger partial charge in [0.2, 0.25) is 0 Å². The van der Waals surface area contributed by atoms with E-state index in [1.54, 1.807) is 6.92 Å². The van der Waals surface area contributed by atoms with E-state index >= 15 is 0 Å². The lowest BCUT2D eigenvalue weighted by Gasteiger charge is -1.99. The van der Waals surface area contributed by atoms with E-state index in [1.807, 2.05) is 0 Å². The molecule has 0 heterocycles. The highest BCUT2D eigenvalue weighted by Gasteiger charge is 1.99. The molecular formula is C10H16O4S. The molecule has 0 amide bonds. The van der Waals surface area contributed by atoms with E-state index in [4.69, 9.17) is 5.11 Å². The van der Waals surface area contributed by atoms with Gasteiger partial charge in [-0.3, -0.25) is 0 Å². The van der Waals surface area contributed by atoms with E-state index in [-0.39, 0.29) is 11.5 Å². The Morgan fingerprint density at radius 1 is 1.27 bits per heavy atom. The first-order valence-corrected chi connectivity index (χ1v) is 4.78. The second-order valence-corrected chi connectivity index (χ2v) is 3.17. The number of esters is 1. The van der Waals surface area contributed by atoms with Crippen LogP contribution in [0.2, 0.25) is 0 Å². The third-order valence-corrected chi connectivity index (χ3v) is 1.22. The maximum absolute atomic E-state index is 10.5. The summed E-state index contributed by atoms with van der Waals surface area (Å²) in [4.78, 5) is 20.1.